The largest absolute Gasteiger partial charge is 0.484 e. The van der Waals surface area contributed by atoms with Crippen molar-refractivity contribution in [1.82, 2.24) is 0 Å². The Labute approximate surface area is 126 Å². The number of rotatable bonds is 6. The molecule has 4 heteroatoms. The summed E-state index contributed by atoms with van der Waals surface area (Å²) in [5.41, 5.74) is 7.17. The molecule has 0 heterocycles. The van der Waals surface area contributed by atoms with E-state index in [2.05, 4.69) is 57.5 Å². The van der Waals surface area contributed by atoms with Gasteiger partial charge in [0.05, 0.1) is 8.95 Å². The molecule has 2 N–H and O–H groups in total. The fraction of sp³-hybridized carbons (Fsp3) is 0.429. The van der Waals surface area contributed by atoms with Gasteiger partial charge in [-0.15, -0.1) is 0 Å². The van der Waals surface area contributed by atoms with Gasteiger partial charge in [-0.25, -0.2) is 0 Å². The van der Waals surface area contributed by atoms with Gasteiger partial charge < -0.3 is 10.5 Å². The second-order valence-electron chi connectivity index (χ2n) is 4.32. The zero-order valence-corrected chi connectivity index (χ0v) is 13.9. The molecule has 2 nitrogen and oxygen atoms in total. The van der Waals surface area contributed by atoms with E-state index in [-0.39, 0.29) is 12.1 Å². The van der Waals surface area contributed by atoms with Crippen molar-refractivity contribution < 1.29 is 4.74 Å². The second kappa shape index (κ2) is 7.31. The highest BCUT2D eigenvalue weighted by Crippen LogP contribution is 2.35. The lowest BCUT2D eigenvalue weighted by Gasteiger charge is -2.16. The van der Waals surface area contributed by atoms with Crippen LogP contribution >= 0.6 is 31.9 Å². The van der Waals surface area contributed by atoms with Crippen molar-refractivity contribution in [2.45, 2.75) is 38.8 Å². The Morgan fingerprint density at radius 3 is 2.39 bits per heavy atom. The van der Waals surface area contributed by atoms with E-state index in [4.69, 9.17) is 10.5 Å². The van der Waals surface area contributed by atoms with E-state index in [1.165, 1.54) is 5.56 Å². The third-order valence-electron chi connectivity index (χ3n) is 2.72. The first-order valence-electron chi connectivity index (χ1n) is 6.00. The first-order valence-corrected chi connectivity index (χ1v) is 7.59. The SMILES string of the molecule is C=CC(C)Oc1c(Br)cc(CC(N)CC)cc1Br. The van der Waals surface area contributed by atoms with E-state index in [1.54, 1.807) is 6.08 Å². The Morgan fingerprint density at radius 2 is 1.94 bits per heavy atom. The fourth-order valence-corrected chi connectivity index (χ4v) is 2.99. The Kier molecular flexibility index (Phi) is 6.39. The van der Waals surface area contributed by atoms with Crippen LogP contribution in [0.5, 0.6) is 5.75 Å². The predicted octanol–water partition coefficient (Wildman–Crippen LogP) is 4.44. The molecule has 2 atom stereocenters. The van der Waals surface area contributed by atoms with Gasteiger partial charge in [0.1, 0.15) is 11.9 Å². The number of nitrogens with two attached hydrogens (primary N) is 1. The summed E-state index contributed by atoms with van der Waals surface area (Å²) in [6.07, 6.45) is 3.58. The normalized spacial score (nSPS) is 14.1. The van der Waals surface area contributed by atoms with Crippen molar-refractivity contribution in [2.75, 3.05) is 0 Å². The minimum absolute atomic E-state index is 0.0265. The second-order valence-corrected chi connectivity index (χ2v) is 6.03. The highest BCUT2D eigenvalue weighted by atomic mass is 79.9. The summed E-state index contributed by atoms with van der Waals surface area (Å²) in [5.74, 6) is 0.802. The number of ether oxygens (including phenoxy) is 1. The molecule has 1 rings (SSSR count). The van der Waals surface area contributed by atoms with E-state index in [0.717, 1.165) is 27.5 Å². The topological polar surface area (TPSA) is 35.2 Å². The van der Waals surface area contributed by atoms with E-state index in [9.17, 15) is 0 Å². The quantitative estimate of drug-likeness (QED) is 0.744. The molecule has 0 spiro atoms. The van der Waals surface area contributed by atoms with E-state index in [0.29, 0.717) is 0 Å². The molecule has 0 radical (unpaired) electrons. The predicted molar refractivity (Wildman–Crippen MR) is 84.1 cm³/mol. The monoisotopic (exact) mass is 375 g/mol. The van der Waals surface area contributed by atoms with Gasteiger partial charge in [-0.1, -0.05) is 19.6 Å². The summed E-state index contributed by atoms with van der Waals surface area (Å²) in [4.78, 5) is 0. The third-order valence-corrected chi connectivity index (χ3v) is 3.89. The molecular formula is C14H19Br2NO. The first-order chi connectivity index (χ1) is 8.47. The molecule has 0 aliphatic heterocycles. The molecule has 0 saturated heterocycles. The van der Waals surface area contributed by atoms with Crippen LogP contribution < -0.4 is 10.5 Å². The number of hydrogen-bond donors (Lipinski definition) is 1. The van der Waals surface area contributed by atoms with E-state index in [1.807, 2.05) is 6.92 Å². The van der Waals surface area contributed by atoms with Crippen molar-refractivity contribution in [2.24, 2.45) is 5.73 Å². The first kappa shape index (κ1) is 15.7. The van der Waals surface area contributed by atoms with Gasteiger partial charge in [0.2, 0.25) is 0 Å². The molecule has 100 valence electrons. The van der Waals surface area contributed by atoms with Crippen LogP contribution in [0.3, 0.4) is 0 Å². The van der Waals surface area contributed by atoms with Crippen LogP contribution in [0.25, 0.3) is 0 Å². The lowest BCUT2D eigenvalue weighted by molar-refractivity contribution is 0.266. The maximum Gasteiger partial charge on any atom is 0.148 e. The third kappa shape index (κ3) is 4.41. The van der Waals surface area contributed by atoms with Crippen molar-refractivity contribution >= 4 is 31.9 Å². The Balaban J connectivity index is 2.93. The van der Waals surface area contributed by atoms with Crippen LogP contribution in [-0.2, 0) is 6.42 Å². The zero-order valence-electron chi connectivity index (χ0n) is 10.7. The van der Waals surface area contributed by atoms with E-state index >= 15 is 0 Å². The minimum Gasteiger partial charge on any atom is -0.484 e. The molecular weight excluding hydrogens is 358 g/mol. The highest BCUT2D eigenvalue weighted by molar-refractivity contribution is 9.11. The van der Waals surface area contributed by atoms with Crippen molar-refractivity contribution in [1.29, 1.82) is 0 Å². The summed E-state index contributed by atoms with van der Waals surface area (Å²) < 4.78 is 7.64. The smallest absolute Gasteiger partial charge is 0.148 e. The van der Waals surface area contributed by atoms with Crippen LogP contribution in [0.2, 0.25) is 0 Å². The van der Waals surface area contributed by atoms with Crippen molar-refractivity contribution in [3.63, 3.8) is 0 Å². The Bertz CT molecular complexity index is 397. The van der Waals surface area contributed by atoms with Gasteiger partial charge in [-0.3, -0.25) is 0 Å². The average molecular weight is 377 g/mol. The van der Waals surface area contributed by atoms with Crippen LogP contribution in [0.4, 0.5) is 0 Å². The van der Waals surface area contributed by atoms with Gasteiger partial charge in [-0.2, -0.15) is 0 Å². The molecule has 0 aliphatic carbocycles. The maximum absolute atomic E-state index is 5.97. The van der Waals surface area contributed by atoms with Crippen LogP contribution in [0, 0.1) is 0 Å². The van der Waals surface area contributed by atoms with Crippen molar-refractivity contribution in [3.8, 4) is 5.75 Å². The highest BCUT2D eigenvalue weighted by Gasteiger charge is 2.12. The van der Waals surface area contributed by atoms with Crippen LogP contribution in [0.1, 0.15) is 25.8 Å². The molecule has 0 fully saturated rings. The molecule has 1 aromatic carbocycles. The standard InChI is InChI=1S/C14H19Br2NO/c1-4-9(3)18-14-12(15)7-10(8-13(14)16)6-11(17)5-2/h4,7-9,11H,1,5-6,17H2,2-3H3. The molecule has 18 heavy (non-hydrogen) atoms. The zero-order chi connectivity index (χ0) is 13.7. The molecule has 0 bridgehead atoms. The summed E-state index contributed by atoms with van der Waals surface area (Å²) in [5, 5.41) is 0. The fourth-order valence-electron chi connectivity index (χ4n) is 1.52. The van der Waals surface area contributed by atoms with Gasteiger partial charge >= 0.3 is 0 Å². The lowest BCUT2D eigenvalue weighted by atomic mass is 10.0. The summed E-state index contributed by atoms with van der Waals surface area (Å²) in [6, 6.07) is 4.32. The number of halogens is 2. The summed E-state index contributed by atoms with van der Waals surface area (Å²) >= 11 is 7.07. The number of benzene rings is 1. The van der Waals surface area contributed by atoms with Gasteiger partial charge in [0.25, 0.3) is 0 Å². The molecule has 0 aromatic heterocycles. The molecule has 2 unspecified atom stereocenters. The van der Waals surface area contributed by atoms with E-state index < -0.39 is 0 Å². The van der Waals surface area contributed by atoms with Gasteiger partial charge in [0.15, 0.2) is 0 Å². The van der Waals surface area contributed by atoms with Gasteiger partial charge in [-0.05, 0) is 69.3 Å². The number of hydrogen-bond acceptors (Lipinski definition) is 2. The van der Waals surface area contributed by atoms with Gasteiger partial charge in [0, 0.05) is 6.04 Å². The van der Waals surface area contributed by atoms with Crippen LogP contribution in [0.15, 0.2) is 33.7 Å². The lowest BCUT2D eigenvalue weighted by Crippen LogP contribution is -2.21. The Hall–Kier alpha value is -0.320. The maximum atomic E-state index is 5.97. The molecule has 0 aliphatic rings. The van der Waals surface area contributed by atoms with Crippen molar-refractivity contribution in [3.05, 3.63) is 39.3 Å². The molecule has 0 saturated carbocycles. The average Bonchev–Trinajstić information content (AvgIpc) is 2.33. The summed E-state index contributed by atoms with van der Waals surface area (Å²) in [6.45, 7) is 7.76. The molecule has 0 amide bonds. The Morgan fingerprint density at radius 1 is 1.39 bits per heavy atom. The summed E-state index contributed by atoms with van der Waals surface area (Å²) in [7, 11) is 0. The van der Waals surface area contributed by atoms with Crippen LogP contribution in [-0.4, -0.2) is 12.1 Å². The molecule has 1 aromatic rings. The minimum atomic E-state index is -0.0265.